The van der Waals surface area contributed by atoms with Gasteiger partial charge in [-0.05, 0) is 24.1 Å². The topological polar surface area (TPSA) is 119 Å². The minimum atomic E-state index is -1.03. The van der Waals surface area contributed by atoms with Crippen molar-refractivity contribution in [3.8, 4) is 5.75 Å². The maximum atomic E-state index is 12.4. The summed E-state index contributed by atoms with van der Waals surface area (Å²) in [5, 5.41) is 31.5. The number of benzene rings is 1. The molecule has 0 radical (unpaired) electrons. The van der Waals surface area contributed by atoms with Crippen molar-refractivity contribution in [3.63, 3.8) is 0 Å². The molecule has 4 atom stereocenters. The molecule has 1 heterocycles. The predicted octanol–water partition coefficient (Wildman–Crippen LogP) is -0.0977. The van der Waals surface area contributed by atoms with Gasteiger partial charge in [0.1, 0.15) is 17.5 Å². The van der Waals surface area contributed by atoms with Gasteiger partial charge in [-0.3, -0.25) is 9.48 Å². The SMILES string of the molecule is COCc1cn(CC2CC(NC(=O)Cc3cccc(OC)c3)C(O)C2O)nn1. The Bertz CT molecular complexity index is 796. The molecule has 1 fully saturated rings. The third kappa shape index (κ3) is 4.86. The molecule has 0 aliphatic heterocycles. The molecule has 3 N–H and O–H groups in total. The Kier molecular flexibility index (Phi) is 6.61. The zero-order chi connectivity index (χ0) is 20.1. The van der Waals surface area contributed by atoms with E-state index in [4.69, 9.17) is 9.47 Å². The molecule has 9 nitrogen and oxygen atoms in total. The highest BCUT2D eigenvalue weighted by Crippen LogP contribution is 2.28. The van der Waals surface area contributed by atoms with Crippen LogP contribution in [0.3, 0.4) is 0 Å². The van der Waals surface area contributed by atoms with E-state index in [1.807, 2.05) is 18.2 Å². The number of aromatic nitrogens is 3. The number of hydrogen-bond donors (Lipinski definition) is 3. The van der Waals surface area contributed by atoms with Gasteiger partial charge in [0.2, 0.25) is 5.91 Å². The lowest BCUT2D eigenvalue weighted by Crippen LogP contribution is -2.43. The van der Waals surface area contributed by atoms with E-state index in [1.165, 1.54) is 0 Å². The van der Waals surface area contributed by atoms with Gasteiger partial charge in [-0.1, -0.05) is 17.3 Å². The molecule has 1 aliphatic carbocycles. The van der Waals surface area contributed by atoms with Crippen molar-refractivity contribution in [3.05, 3.63) is 41.7 Å². The molecule has 1 aliphatic rings. The first-order chi connectivity index (χ1) is 13.5. The van der Waals surface area contributed by atoms with Crippen LogP contribution in [-0.2, 0) is 29.1 Å². The number of hydrogen-bond acceptors (Lipinski definition) is 7. The fourth-order valence-corrected chi connectivity index (χ4v) is 3.56. The van der Waals surface area contributed by atoms with Crippen LogP contribution in [0.1, 0.15) is 17.7 Å². The number of methoxy groups -OCH3 is 2. The quantitative estimate of drug-likeness (QED) is 0.576. The smallest absolute Gasteiger partial charge is 0.224 e. The summed E-state index contributed by atoms with van der Waals surface area (Å²) in [6.07, 6.45) is 0.395. The first kappa shape index (κ1) is 20.2. The van der Waals surface area contributed by atoms with Gasteiger partial charge in [0, 0.05) is 19.6 Å². The van der Waals surface area contributed by atoms with Crippen LogP contribution in [0.5, 0.6) is 5.75 Å². The van der Waals surface area contributed by atoms with E-state index in [-0.39, 0.29) is 18.2 Å². The van der Waals surface area contributed by atoms with Crippen molar-refractivity contribution < 1.29 is 24.5 Å². The highest BCUT2D eigenvalue weighted by molar-refractivity contribution is 5.79. The molecular weight excluding hydrogens is 364 g/mol. The molecule has 1 aromatic heterocycles. The molecule has 0 saturated heterocycles. The van der Waals surface area contributed by atoms with Crippen molar-refractivity contribution in [1.29, 1.82) is 0 Å². The van der Waals surface area contributed by atoms with Gasteiger partial charge in [0.25, 0.3) is 0 Å². The Balaban J connectivity index is 1.56. The van der Waals surface area contributed by atoms with Gasteiger partial charge in [-0.2, -0.15) is 0 Å². The van der Waals surface area contributed by atoms with Crippen molar-refractivity contribution in [2.45, 2.75) is 44.2 Å². The van der Waals surface area contributed by atoms with Crippen LogP contribution in [0.15, 0.2) is 30.5 Å². The van der Waals surface area contributed by atoms with Crippen molar-refractivity contribution >= 4 is 5.91 Å². The van der Waals surface area contributed by atoms with Crippen LogP contribution in [0.4, 0.5) is 0 Å². The number of amides is 1. The number of aliphatic hydroxyl groups is 2. The number of nitrogens with one attached hydrogen (secondary N) is 1. The van der Waals surface area contributed by atoms with Gasteiger partial charge in [0.05, 0.1) is 38.5 Å². The second-order valence-corrected chi connectivity index (χ2v) is 7.04. The summed E-state index contributed by atoms with van der Waals surface area (Å²) in [6, 6.07) is 6.75. The van der Waals surface area contributed by atoms with E-state index < -0.39 is 18.2 Å². The normalized spacial score (nSPS) is 24.3. The largest absolute Gasteiger partial charge is 0.497 e. The second-order valence-electron chi connectivity index (χ2n) is 7.04. The molecule has 9 heteroatoms. The van der Waals surface area contributed by atoms with E-state index >= 15 is 0 Å². The molecule has 0 bridgehead atoms. The Labute approximate surface area is 163 Å². The molecule has 0 spiro atoms. The number of rotatable bonds is 8. The van der Waals surface area contributed by atoms with Crippen LogP contribution >= 0.6 is 0 Å². The van der Waals surface area contributed by atoms with Gasteiger partial charge in [-0.25, -0.2) is 0 Å². The highest BCUT2D eigenvalue weighted by Gasteiger charge is 2.42. The van der Waals surface area contributed by atoms with Crippen molar-refractivity contribution in [2.24, 2.45) is 5.92 Å². The minimum Gasteiger partial charge on any atom is -0.497 e. The molecule has 28 heavy (non-hydrogen) atoms. The van der Waals surface area contributed by atoms with Crippen LogP contribution < -0.4 is 10.1 Å². The fourth-order valence-electron chi connectivity index (χ4n) is 3.56. The summed E-state index contributed by atoms with van der Waals surface area (Å²) >= 11 is 0. The minimum absolute atomic E-state index is 0.171. The predicted molar refractivity (Wildman–Crippen MR) is 99.5 cm³/mol. The zero-order valence-electron chi connectivity index (χ0n) is 16.0. The third-order valence-electron chi connectivity index (χ3n) is 4.95. The van der Waals surface area contributed by atoms with E-state index in [1.54, 1.807) is 31.2 Å². The molecule has 1 aromatic carbocycles. The average Bonchev–Trinajstić information content (AvgIpc) is 3.22. The zero-order valence-corrected chi connectivity index (χ0v) is 16.0. The van der Waals surface area contributed by atoms with E-state index in [0.29, 0.717) is 31.0 Å². The highest BCUT2D eigenvalue weighted by atomic mass is 16.5. The maximum absolute atomic E-state index is 12.4. The van der Waals surface area contributed by atoms with Gasteiger partial charge in [0.15, 0.2) is 0 Å². The van der Waals surface area contributed by atoms with Crippen LogP contribution in [0.25, 0.3) is 0 Å². The van der Waals surface area contributed by atoms with Crippen LogP contribution in [0, 0.1) is 5.92 Å². The summed E-state index contributed by atoms with van der Waals surface area (Å²) in [6.45, 7) is 0.760. The lowest BCUT2D eigenvalue weighted by Gasteiger charge is -2.18. The van der Waals surface area contributed by atoms with E-state index in [9.17, 15) is 15.0 Å². The average molecular weight is 390 g/mol. The number of nitrogens with zero attached hydrogens (tertiary/aromatic N) is 3. The summed E-state index contributed by atoms with van der Waals surface area (Å²) < 4.78 is 11.8. The standard InChI is InChI=1S/C19H26N4O5/c1-27-11-14-10-23(22-21-14)9-13-8-16(19(26)18(13)25)20-17(24)7-12-4-3-5-15(6-12)28-2/h3-6,10,13,16,18-19,25-26H,7-9,11H2,1-2H3,(H,20,24). The monoisotopic (exact) mass is 390 g/mol. The summed E-state index contributed by atoms with van der Waals surface area (Å²) in [5.74, 6) is 0.227. The molecule has 3 rings (SSSR count). The fraction of sp³-hybridized carbons (Fsp3) is 0.526. The first-order valence-electron chi connectivity index (χ1n) is 9.16. The lowest BCUT2D eigenvalue weighted by atomic mass is 10.1. The van der Waals surface area contributed by atoms with Crippen LogP contribution in [-0.4, -0.2) is 63.6 Å². The molecule has 1 saturated carbocycles. The summed E-state index contributed by atoms with van der Waals surface area (Å²) in [4.78, 5) is 12.4. The molecule has 4 unspecified atom stereocenters. The molecular formula is C19H26N4O5. The summed E-state index contributed by atoms with van der Waals surface area (Å²) in [5.41, 5.74) is 1.51. The molecule has 2 aromatic rings. The third-order valence-corrected chi connectivity index (χ3v) is 4.95. The van der Waals surface area contributed by atoms with Gasteiger partial charge < -0.3 is 25.0 Å². The van der Waals surface area contributed by atoms with Gasteiger partial charge >= 0.3 is 0 Å². The number of carbonyl (C=O) groups is 1. The molecule has 1 amide bonds. The number of carbonyl (C=O) groups excluding carboxylic acids is 1. The second kappa shape index (κ2) is 9.13. The molecule has 152 valence electrons. The Morgan fingerprint density at radius 1 is 1.32 bits per heavy atom. The number of ether oxygens (including phenoxy) is 2. The van der Waals surface area contributed by atoms with E-state index in [2.05, 4.69) is 15.6 Å². The Morgan fingerprint density at radius 3 is 2.89 bits per heavy atom. The Morgan fingerprint density at radius 2 is 2.14 bits per heavy atom. The van der Waals surface area contributed by atoms with E-state index in [0.717, 1.165) is 5.56 Å². The summed E-state index contributed by atoms with van der Waals surface area (Å²) in [7, 11) is 3.15. The number of aliphatic hydroxyl groups excluding tert-OH is 2. The van der Waals surface area contributed by atoms with Crippen molar-refractivity contribution in [2.75, 3.05) is 14.2 Å². The lowest BCUT2D eigenvalue weighted by molar-refractivity contribution is -0.122. The van der Waals surface area contributed by atoms with Crippen molar-refractivity contribution in [1.82, 2.24) is 20.3 Å². The Hall–Kier alpha value is -2.49. The van der Waals surface area contributed by atoms with Crippen LogP contribution in [0.2, 0.25) is 0 Å². The first-order valence-corrected chi connectivity index (χ1v) is 9.16. The maximum Gasteiger partial charge on any atom is 0.224 e. The van der Waals surface area contributed by atoms with Gasteiger partial charge in [-0.15, -0.1) is 5.10 Å².